The average molecular weight is 253 g/mol. The van der Waals surface area contributed by atoms with Gasteiger partial charge >= 0.3 is 0 Å². The van der Waals surface area contributed by atoms with Crippen molar-refractivity contribution in [3.63, 3.8) is 0 Å². The highest BCUT2D eigenvalue weighted by atomic mass is 32.2. The summed E-state index contributed by atoms with van der Waals surface area (Å²) in [6.07, 6.45) is 4.82. The molecule has 1 fully saturated rings. The Balaban J connectivity index is 2.36. The highest BCUT2D eigenvalue weighted by Crippen LogP contribution is 2.25. The predicted molar refractivity (Wildman–Crippen MR) is 59.3 cm³/mol. The Bertz CT molecular complexity index is 537. The van der Waals surface area contributed by atoms with E-state index in [0.717, 1.165) is 0 Å². The quantitative estimate of drug-likeness (QED) is 0.581. The van der Waals surface area contributed by atoms with Crippen LogP contribution < -0.4 is 0 Å². The van der Waals surface area contributed by atoms with Crippen LogP contribution in [0.5, 0.6) is 0 Å². The maximum atomic E-state index is 12.2. The van der Waals surface area contributed by atoms with Crippen LogP contribution in [-0.4, -0.2) is 36.5 Å². The van der Waals surface area contributed by atoms with Crippen molar-refractivity contribution < 1.29 is 13.2 Å². The van der Waals surface area contributed by atoms with Crippen LogP contribution in [0, 0.1) is 0 Å². The van der Waals surface area contributed by atoms with Gasteiger partial charge in [0.2, 0.25) is 16.1 Å². The lowest BCUT2D eigenvalue weighted by molar-refractivity contribution is 0.395. The third-order valence-corrected chi connectivity index (χ3v) is 4.50. The molecule has 0 aromatic carbocycles. The first kappa shape index (κ1) is 11.9. The summed E-state index contributed by atoms with van der Waals surface area (Å²) >= 11 is 0. The molecule has 1 unspecified atom stereocenters. The number of hydrogen-bond acceptors (Lipinski definition) is 5. The molecule has 7 heteroatoms. The first-order valence-electron chi connectivity index (χ1n) is 5.15. The van der Waals surface area contributed by atoms with E-state index in [4.69, 9.17) is 0 Å². The summed E-state index contributed by atoms with van der Waals surface area (Å²) in [4.78, 5) is 17.7. The third-order valence-electron chi connectivity index (χ3n) is 2.62. The Hall–Kier alpha value is -1.56. The van der Waals surface area contributed by atoms with Gasteiger partial charge < -0.3 is 0 Å². The molecule has 2 heterocycles. The van der Waals surface area contributed by atoms with Crippen molar-refractivity contribution >= 4 is 16.1 Å². The van der Waals surface area contributed by atoms with Crippen LogP contribution in [0.15, 0.2) is 34.4 Å². The number of aliphatic imine (C=N–C) groups is 1. The molecular formula is C10H11N3O3S. The molecule has 0 saturated carbocycles. The molecule has 0 amide bonds. The zero-order valence-electron chi connectivity index (χ0n) is 8.98. The average Bonchev–Trinajstić information content (AvgIpc) is 2.80. The molecule has 90 valence electrons. The Kier molecular flexibility index (Phi) is 3.33. The first-order chi connectivity index (χ1) is 8.16. The van der Waals surface area contributed by atoms with E-state index < -0.39 is 16.2 Å². The molecule has 2 rings (SSSR count). The Morgan fingerprint density at radius 2 is 2.35 bits per heavy atom. The van der Waals surface area contributed by atoms with E-state index in [0.29, 0.717) is 19.4 Å². The lowest BCUT2D eigenvalue weighted by Crippen LogP contribution is -2.34. The molecule has 1 aliphatic heterocycles. The van der Waals surface area contributed by atoms with E-state index in [1.807, 2.05) is 0 Å². The number of sulfonamides is 1. The summed E-state index contributed by atoms with van der Waals surface area (Å²) in [6, 6.07) is 3.03. The zero-order chi connectivity index (χ0) is 12.3. The highest BCUT2D eigenvalue weighted by molar-refractivity contribution is 7.89. The van der Waals surface area contributed by atoms with Gasteiger partial charge in [-0.25, -0.2) is 13.2 Å². The van der Waals surface area contributed by atoms with Crippen molar-refractivity contribution in [2.75, 3.05) is 6.54 Å². The predicted octanol–water partition coefficient (Wildman–Crippen LogP) is 0.528. The van der Waals surface area contributed by atoms with Crippen molar-refractivity contribution in [2.45, 2.75) is 23.9 Å². The highest BCUT2D eigenvalue weighted by Gasteiger charge is 2.35. The van der Waals surface area contributed by atoms with E-state index in [2.05, 4.69) is 9.98 Å². The molecule has 0 aliphatic carbocycles. The van der Waals surface area contributed by atoms with Gasteiger partial charge in [0, 0.05) is 18.9 Å². The summed E-state index contributed by atoms with van der Waals surface area (Å²) in [5, 5.41) is 0. The summed E-state index contributed by atoms with van der Waals surface area (Å²) in [5.74, 6) is 0. The van der Waals surface area contributed by atoms with Crippen LogP contribution in [0.2, 0.25) is 0 Å². The maximum absolute atomic E-state index is 12.2. The van der Waals surface area contributed by atoms with Gasteiger partial charge in [0.15, 0.2) is 0 Å². The van der Waals surface area contributed by atoms with Crippen LogP contribution in [0.25, 0.3) is 0 Å². The summed E-state index contributed by atoms with van der Waals surface area (Å²) in [5.41, 5.74) is 0. The van der Waals surface area contributed by atoms with Gasteiger partial charge in [-0.2, -0.15) is 9.30 Å². The minimum atomic E-state index is -3.61. The number of nitrogens with zero attached hydrogens (tertiary/aromatic N) is 3. The van der Waals surface area contributed by atoms with Crippen LogP contribution in [0.1, 0.15) is 12.8 Å². The van der Waals surface area contributed by atoms with Crippen LogP contribution in [-0.2, 0) is 14.8 Å². The molecule has 1 saturated heterocycles. The molecule has 0 N–H and O–H groups in total. The van der Waals surface area contributed by atoms with Gasteiger partial charge in [-0.1, -0.05) is 0 Å². The van der Waals surface area contributed by atoms with Gasteiger partial charge in [0.05, 0.1) is 0 Å². The van der Waals surface area contributed by atoms with E-state index in [1.165, 1.54) is 28.8 Å². The molecule has 0 radical (unpaired) electrons. The third kappa shape index (κ3) is 2.26. The Morgan fingerprint density at radius 3 is 3.00 bits per heavy atom. The van der Waals surface area contributed by atoms with Gasteiger partial charge in [0.1, 0.15) is 11.1 Å². The van der Waals surface area contributed by atoms with Gasteiger partial charge in [-0.15, -0.1) is 0 Å². The number of aromatic nitrogens is 1. The fourth-order valence-corrected chi connectivity index (χ4v) is 3.39. The monoisotopic (exact) mass is 253 g/mol. The fraction of sp³-hybridized carbons (Fsp3) is 0.400. The molecule has 0 bridgehead atoms. The van der Waals surface area contributed by atoms with Crippen molar-refractivity contribution in [2.24, 2.45) is 4.99 Å². The molecule has 1 aliphatic rings. The number of carbonyl (C=O) groups excluding carboxylic acids is 1. The number of isocyanates is 1. The van der Waals surface area contributed by atoms with Crippen molar-refractivity contribution in [1.82, 2.24) is 9.29 Å². The molecule has 1 atom stereocenters. The minimum Gasteiger partial charge on any atom is -0.263 e. The molecule has 1 aromatic rings. The van der Waals surface area contributed by atoms with Crippen molar-refractivity contribution in [3.8, 4) is 0 Å². The summed E-state index contributed by atoms with van der Waals surface area (Å²) < 4.78 is 25.6. The SMILES string of the molecule is O=C=NC1CCCN1S(=O)(=O)c1cccnc1. The summed E-state index contributed by atoms with van der Waals surface area (Å²) in [6.45, 7) is 0.368. The Morgan fingerprint density at radius 1 is 1.53 bits per heavy atom. The van der Waals surface area contributed by atoms with Crippen molar-refractivity contribution in [1.29, 1.82) is 0 Å². The van der Waals surface area contributed by atoms with E-state index in [1.54, 1.807) is 6.07 Å². The first-order valence-corrected chi connectivity index (χ1v) is 6.59. The molecule has 17 heavy (non-hydrogen) atoms. The van der Waals surface area contributed by atoms with E-state index >= 15 is 0 Å². The minimum absolute atomic E-state index is 0.119. The molecule has 1 aromatic heterocycles. The number of pyridine rings is 1. The van der Waals surface area contributed by atoms with Crippen LogP contribution >= 0.6 is 0 Å². The zero-order valence-corrected chi connectivity index (χ0v) is 9.80. The van der Waals surface area contributed by atoms with Gasteiger partial charge in [-0.3, -0.25) is 4.98 Å². The van der Waals surface area contributed by atoms with Gasteiger partial charge in [0.25, 0.3) is 0 Å². The molecule has 6 nitrogen and oxygen atoms in total. The normalized spacial score (nSPS) is 21.1. The van der Waals surface area contributed by atoms with Crippen molar-refractivity contribution in [3.05, 3.63) is 24.5 Å². The van der Waals surface area contributed by atoms with Gasteiger partial charge in [-0.05, 0) is 25.0 Å². The second-order valence-electron chi connectivity index (χ2n) is 3.65. The molecular weight excluding hydrogens is 242 g/mol. The van der Waals surface area contributed by atoms with Crippen LogP contribution in [0.3, 0.4) is 0 Å². The smallest absolute Gasteiger partial charge is 0.246 e. The van der Waals surface area contributed by atoms with E-state index in [9.17, 15) is 13.2 Å². The Labute approximate surface area is 99.0 Å². The lowest BCUT2D eigenvalue weighted by atomic mass is 10.3. The second kappa shape index (κ2) is 4.75. The van der Waals surface area contributed by atoms with E-state index in [-0.39, 0.29) is 4.90 Å². The fourth-order valence-electron chi connectivity index (χ4n) is 1.83. The standard InChI is InChI=1S/C10H11N3O3S/c14-8-12-10-4-2-6-13(10)17(15,16)9-3-1-5-11-7-9/h1,3,5,7,10H,2,4,6H2. The van der Waals surface area contributed by atoms with Crippen LogP contribution in [0.4, 0.5) is 0 Å². The topological polar surface area (TPSA) is 79.7 Å². The molecule has 0 spiro atoms. The number of hydrogen-bond donors (Lipinski definition) is 0. The number of rotatable bonds is 3. The summed E-state index contributed by atoms with van der Waals surface area (Å²) in [7, 11) is -3.61. The lowest BCUT2D eigenvalue weighted by Gasteiger charge is -2.19. The second-order valence-corrected chi connectivity index (χ2v) is 5.54. The largest absolute Gasteiger partial charge is 0.263 e. The maximum Gasteiger partial charge on any atom is 0.246 e.